The minimum absolute atomic E-state index is 0.0656. The van der Waals surface area contributed by atoms with Gasteiger partial charge in [-0.2, -0.15) is 5.10 Å². The standard InChI is InChI=1S/C24H24FN5O3/c1-4-17-7-5-6-15(2)21(17)26-20(31)14-29-19-13-28(3)27-22(19)23(32)30(24(29)33)12-16-8-10-18(25)11-9-16/h5-11,13H,4,12,14H2,1-3H3,(H,26,31). The highest BCUT2D eigenvalue weighted by Crippen LogP contribution is 2.21. The van der Waals surface area contributed by atoms with Crippen LogP contribution in [0.1, 0.15) is 23.6 Å². The molecule has 33 heavy (non-hydrogen) atoms. The molecular formula is C24H24FN5O3. The molecule has 0 aliphatic carbocycles. The molecule has 0 aliphatic rings. The first-order valence-corrected chi connectivity index (χ1v) is 10.6. The second kappa shape index (κ2) is 8.85. The number of carbonyl (C=O) groups excluding carboxylic acids is 1. The third-order valence-corrected chi connectivity index (χ3v) is 5.57. The first-order valence-electron chi connectivity index (χ1n) is 10.6. The van der Waals surface area contributed by atoms with Crippen molar-refractivity contribution in [1.82, 2.24) is 18.9 Å². The van der Waals surface area contributed by atoms with E-state index in [1.165, 1.54) is 33.5 Å². The molecule has 2 aromatic heterocycles. The summed E-state index contributed by atoms with van der Waals surface area (Å²) in [6, 6.07) is 11.3. The van der Waals surface area contributed by atoms with Gasteiger partial charge < -0.3 is 5.32 Å². The number of aryl methyl sites for hydroxylation is 3. The lowest BCUT2D eigenvalue weighted by molar-refractivity contribution is -0.116. The first-order chi connectivity index (χ1) is 15.8. The Balaban J connectivity index is 1.76. The normalized spacial score (nSPS) is 11.2. The van der Waals surface area contributed by atoms with Crippen LogP contribution in [0, 0.1) is 12.7 Å². The van der Waals surface area contributed by atoms with Gasteiger partial charge in [-0.3, -0.25) is 23.4 Å². The van der Waals surface area contributed by atoms with Gasteiger partial charge in [0.25, 0.3) is 5.56 Å². The Bertz CT molecular complexity index is 1460. The molecule has 2 aromatic carbocycles. The predicted molar refractivity (Wildman–Crippen MR) is 124 cm³/mol. The van der Waals surface area contributed by atoms with Crippen LogP contribution in [-0.2, 0) is 31.4 Å². The number of anilines is 1. The van der Waals surface area contributed by atoms with Crippen LogP contribution in [0.5, 0.6) is 0 Å². The van der Waals surface area contributed by atoms with Gasteiger partial charge in [0.2, 0.25) is 5.91 Å². The fourth-order valence-electron chi connectivity index (χ4n) is 3.88. The van der Waals surface area contributed by atoms with Gasteiger partial charge in [-0.05, 0) is 42.2 Å². The summed E-state index contributed by atoms with van der Waals surface area (Å²) in [5.74, 6) is -0.804. The molecule has 1 N–H and O–H groups in total. The number of fused-ring (bicyclic) bond motifs is 1. The maximum atomic E-state index is 13.3. The molecule has 0 aliphatic heterocycles. The van der Waals surface area contributed by atoms with E-state index in [1.54, 1.807) is 13.2 Å². The van der Waals surface area contributed by atoms with Crippen LogP contribution >= 0.6 is 0 Å². The summed E-state index contributed by atoms with van der Waals surface area (Å²) in [5, 5.41) is 7.11. The van der Waals surface area contributed by atoms with Gasteiger partial charge in [-0.1, -0.05) is 37.3 Å². The van der Waals surface area contributed by atoms with Crippen LogP contribution < -0.4 is 16.6 Å². The van der Waals surface area contributed by atoms with E-state index in [-0.39, 0.29) is 24.1 Å². The van der Waals surface area contributed by atoms with Crippen molar-refractivity contribution >= 4 is 22.6 Å². The van der Waals surface area contributed by atoms with Gasteiger partial charge >= 0.3 is 5.69 Å². The van der Waals surface area contributed by atoms with E-state index in [9.17, 15) is 18.8 Å². The summed E-state index contributed by atoms with van der Waals surface area (Å²) in [6.07, 6.45) is 2.28. The Kier molecular flexibility index (Phi) is 5.95. The number of aromatic nitrogens is 4. The van der Waals surface area contributed by atoms with Crippen LogP contribution in [-0.4, -0.2) is 24.8 Å². The summed E-state index contributed by atoms with van der Waals surface area (Å²) < 4.78 is 17.0. The summed E-state index contributed by atoms with van der Waals surface area (Å²) in [4.78, 5) is 39.3. The SMILES string of the molecule is CCc1cccc(C)c1NC(=O)Cn1c(=O)n(Cc2ccc(F)cc2)c(=O)c2nn(C)cc21. The van der Waals surface area contributed by atoms with E-state index in [0.717, 1.165) is 27.8 Å². The Morgan fingerprint density at radius 3 is 2.52 bits per heavy atom. The highest BCUT2D eigenvalue weighted by Gasteiger charge is 2.19. The van der Waals surface area contributed by atoms with Gasteiger partial charge in [0.1, 0.15) is 12.4 Å². The zero-order valence-electron chi connectivity index (χ0n) is 18.6. The number of para-hydroxylation sites is 1. The molecule has 0 fully saturated rings. The topological polar surface area (TPSA) is 90.9 Å². The first kappa shape index (κ1) is 22.2. The zero-order chi connectivity index (χ0) is 23.7. The number of carbonyl (C=O) groups is 1. The molecule has 8 nitrogen and oxygen atoms in total. The minimum Gasteiger partial charge on any atom is -0.324 e. The molecule has 0 radical (unpaired) electrons. The number of nitrogens with zero attached hydrogens (tertiary/aromatic N) is 4. The molecule has 4 aromatic rings. The minimum atomic E-state index is -0.638. The molecule has 0 saturated heterocycles. The molecule has 170 valence electrons. The number of hydrogen-bond acceptors (Lipinski definition) is 4. The van der Waals surface area contributed by atoms with Crippen molar-refractivity contribution in [1.29, 1.82) is 0 Å². The lowest BCUT2D eigenvalue weighted by Gasteiger charge is -2.15. The smallest absolute Gasteiger partial charge is 0.324 e. The van der Waals surface area contributed by atoms with E-state index in [1.807, 2.05) is 32.0 Å². The maximum absolute atomic E-state index is 13.3. The number of halogens is 1. The molecule has 0 atom stereocenters. The van der Waals surface area contributed by atoms with Gasteiger partial charge in [-0.25, -0.2) is 9.18 Å². The van der Waals surface area contributed by atoms with E-state index < -0.39 is 23.0 Å². The monoisotopic (exact) mass is 449 g/mol. The average Bonchev–Trinajstić information content (AvgIpc) is 3.18. The van der Waals surface area contributed by atoms with E-state index in [4.69, 9.17) is 0 Å². The largest absolute Gasteiger partial charge is 0.332 e. The number of benzene rings is 2. The van der Waals surface area contributed by atoms with Crippen LogP contribution in [0.4, 0.5) is 10.1 Å². The summed E-state index contributed by atoms with van der Waals surface area (Å²) in [6.45, 7) is 3.55. The number of rotatable bonds is 6. The number of amides is 1. The highest BCUT2D eigenvalue weighted by molar-refractivity contribution is 5.93. The van der Waals surface area contributed by atoms with Gasteiger partial charge in [0.05, 0.1) is 12.1 Å². The fraction of sp³-hybridized carbons (Fsp3) is 0.250. The molecule has 9 heteroatoms. The van der Waals surface area contributed by atoms with Crippen molar-refractivity contribution < 1.29 is 9.18 Å². The van der Waals surface area contributed by atoms with Crippen LogP contribution in [0.3, 0.4) is 0 Å². The predicted octanol–water partition coefficient (Wildman–Crippen LogP) is 2.59. The molecule has 4 rings (SSSR count). The third-order valence-electron chi connectivity index (χ3n) is 5.57. The number of nitrogens with one attached hydrogen (secondary N) is 1. The van der Waals surface area contributed by atoms with Crippen molar-refractivity contribution in [2.45, 2.75) is 33.4 Å². The van der Waals surface area contributed by atoms with Crippen LogP contribution in [0.2, 0.25) is 0 Å². The fourth-order valence-corrected chi connectivity index (χ4v) is 3.88. The molecule has 0 unspecified atom stereocenters. The molecule has 1 amide bonds. The summed E-state index contributed by atoms with van der Waals surface area (Å²) in [5.41, 5.74) is 2.36. The quantitative estimate of drug-likeness (QED) is 0.490. The second-order valence-electron chi connectivity index (χ2n) is 7.93. The highest BCUT2D eigenvalue weighted by atomic mass is 19.1. The van der Waals surface area contributed by atoms with Crippen molar-refractivity contribution in [3.05, 3.63) is 92.0 Å². The Labute approximate surface area is 188 Å². The second-order valence-corrected chi connectivity index (χ2v) is 7.93. The van der Waals surface area contributed by atoms with Crippen LogP contribution in [0.25, 0.3) is 11.0 Å². The molecular weight excluding hydrogens is 425 g/mol. The van der Waals surface area contributed by atoms with Gasteiger partial charge in [-0.15, -0.1) is 0 Å². The lowest BCUT2D eigenvalue weighted by Crippen LogP contribution is -2.42. The van der Waals surface area contributed by atoms with Gasteiger partial charge in [0, 0.05) is 18.9 Å². The van der Waals surface area contributed by atoms with E-state index in [0.29, 0.717) is 5.56 Å². The average molecular weight is 449 g/mol. The lowest BCUT2D eigenvalue weighted by atomic mass is 10.1. The Morgan fingerprint density at radius 2 is 1.82 bits per heavy atom. The summed E-state index contributed by atoms with van der Waals surface area (Å²) >= 11 is 0. The maximum Gasteiger partial charge on any atom is 0.332 e. The van der Waals surface area contributed by atoms with E-state index >= 15 is 0 Å². The Morgan fingerprint density at radius 1 is 1.09 bits per heavy atom. The van der Waals surface area contributed by atoms with Gasteiger partial charge in [0.15, 0.2) is 5.52 Å². The van der Waals surface area contributed by atoms with Crippen molar-refractivity contribution in [2.24, 2.45) is 7.05 Å². The van der Waals surface area contributed by atoms with Crippen molar-refractivity contribution in [3.63, 3.8) is 0 Å². The van der Waals surface area contributed by atoms with Crippen molar-refractivity contribution in [3.8, 4) is 0 Å². The van der Waals surface area contributed by atoms with Crippen LogP contribution in [0.15, 0.2) is 58.3 Å². The summed E-state index contributed by atoms with van der Waals surface area (Å²) in [7, 11) is 1.64. The van der Waals surface area contributed by atoms with Crippen molar-refractivity contribution in [2.75, 3.05) is 5.32 Å². The molecule has 2 heterocycles. The number of hydrogen-bond donors (Lipinski definition) is 1. The molecule has 0 spiro atoms. The van der Waals surface area contributed by atoms with E-state index in [2.05, 4.69) is 10.4 Å². The zero-order valence-corrected chi connectivity index (χ0v) is 18.6. The third kappa shape index (κ3) is 4.34. The molecule has 0 bridgehead atoms. The Hall–Kier alpha value is -4.01. The molecule has 0 saturated carbocycles.